The number of fused-ring (bicyclic) bond motifs is 1. The highest BCUT2D eigenvalue weighted by Crippen LogP contribution is 2.35. The number of aliphatic hydroxyl groups excluding tert-OH is 1. The number of amides is 1. The molecule has 3 atom stereocenters. The molecular weight excluding hydrogens is 388 g/mol. The number of likely N-dealkylation sites (tertiary alicyclic amines) is 1. The van der Waals surface area contributed by atoms with Gasteiger partial charge in [0, 0.05) is 25.6 Å². The molecule has 2 N–H and O–H groups in total. The van der Waals surface area contributed by atoms with Crippen LogP contribution in [0.15, 0.2) is 72.8 Å². The van der Waals surface area contributed by atoms with E-state index in [2.05, 4.69) is 47.8 Å². The third-order valence-electron chi connectivity index (χ3n) is 6.02. The maximum absolute atomic E-state index is 12.7. The molecule has 1 aliphatic rings. The van der Waals surface area contributed by atoms with E-state index in [0.717, 1.165) is 5.56 Å². The van der Waals surface area contributed by atoms with Gasteiger partial charge in [0.25, 0.3) is 0 Å². The summed E-state index contributed by atoms with van der Waals surface area (Å²) in [6.07, 6.45) is -0.0670. The molecule has 1 amide bonds. The standard InChI is InChI=1S/C26H30N2O3/c1-27-16-24(22-12-11-19-7-5-6-10-21(19)15-22)26(20-8-3-2-4-9-20)31-18-25(30)28-14-13-23(29)17-28/h2-12,15,23-24,26-27,29H,13-14,16-18H2,1H3/t23-,24+,26+/m0/s1. The third kappa shape index (κ3) is 5.13. The maximum atomic E-state index is 12.7. The molecule has 5 heteroatoms. The van der Waals surface area contributed by atoms with Crippen molar-refractivity contribution in [1.29, 1.82) is 0 Å². The summed E-state index contributed by atoms with van der Waals surface area (Å²) >= 11 is 0. The second kappa shape index (κ2) is 10.1. The molecule has 162 valence electrons. The Labute approximate surface area is 183 Å². The molecule has 0 aliphatic carbocycles. The molecule has 0 unspecified atom stereocenters. The topological polar surface area (TPSA) is 61.8 Å². The molecule has 3 aromatic carbocycles. The van der Waals surface area contributed by atoms with Gasteiger partial charge < -0.3 is 20.1 Å². The molecular formula is C26H30N2O3. The van der Waals surface area contributed by atoms with Crippen molar-refractivity contribution in [3.05, 3.63) is 83.9 Å². The van der Waals surface area contributed by atoms with Gasteiger partial charge in [-0.25, -0.2) is 0 Å². The first-order valence-corrected chi connectivity index (χ1v) is 10.9. The van der Waals surface area contributed by atoms with E-state index in [0.29, 0.717) is 26.1 Å². The highest BCUT2D eigenvalue weighted by atomic mass is 16.5. The highest BCUT2D eigenvalue weighted by Gasteiger charge is 2.29. The SMILES string of the molecule is CNC[C@H](c1ccc2ccccc2c1)[C@H](OCC(=O)N1CC[C@H](O)C1)c1ccccc1. The van der Waals surface area contributed by atoms with Crippen LogP contribution in [0.3, 0.4) is 0 Å². The monoisotopic (exact) mass is 418 g/mol. The number of hydrogen-bond acceptors (Lipinski definition) is 4. The Morgan fingerprint density at radius 3 is 2.52 bits per heavy atom. The lowest BCUT2D eigenvalue weighted by Crippen LogP contribution is -2.34. The zero-order valence-electron chi connectivity index (χ0n) is 17.9. The maximum Gasteiger partial charge on any atom is 0.248 e. The Bertz CT molecular complexity index is 1010. The van der Waals surface area contributed by atoms with Crippen molar-refractivity contribution < 1.29 is 14.6 Å². The van der Waals surface area contributed by atoms with Gasteiger partial charge in [0.05, 0.1) is 12.2 Å². The summed E-state index contributed by atoms with van der Waals surface area (Å²) in [6.45, 7) is 1.70. The summed E-state index contributed by atoms with van der Waals surface area (Å²) in [5, 5.41) is 15.5. The van der Waals surface area contributed by atoms with Gasteiger partial charge in [-0.15, -0.1) is 0 Å². The quantitative estimate of drug-likeness (QED) is 0.588. The van der Waals surface area contributed by atoms with Crippen molar-refractivity contribution in [3.8, 4) is 0 Å². The fourth-order valence-electron chi connectivity index (χ4n) is 4.37. The van der Waals surface area contributed by atoms with Crippen LogP contribution < -0.4 is 5.32 Å². The Hall–Kier alpha value is -2.73. The minimum absolute atomic E-state index is 0.0000759. The Balaban J connectivity index is 1.61. The first-order valence-electron chi connectivity index (χ1n) is 10.9. The van der Waals surface area contributed by atoms with E-state index >= 15 is 0 Å². The van der Waals surface area contributed by atoms with E-state index in [1.165, 1.54) is 16.3 Å². The lowest BCUT2D eigenvalue weighted by atomic mass is 9.87. The van der Waals surface area contributed by atoms with E-state index < -0.39 is 6.10 Å². The molecule has 3 aromatic rings. The van der Waals surface area contributed by atoms with Crippen LogP contribution in [0.1, 0.15) is 29.6 Å². The molecule has 0 spiro atoms. The second-order valence-electron chi connectivity index (χ2n) is 8.20. The molecule has 4 rings (SSSR count). The van der Waals surface area contributed by atoms with Crippen LogP contribution in [0.4, 0.5) is 0 Å². The van der Waals surface area contributed by atoms with Gasteiger partial charge in [0.2, 0.25) is 5.91 Å². The Morgan fingerprint density at radius 1 is 1.06 bits per heavy atom. The molecule has 1 saturated heterocycles. The number of nitrogens with one attached hydrogen (secondary N) is 1. The van der Waals surface area contributed by atoms with Crippen molar-refractivity contribution in [3.63, 3.8) is 0 Å². The number of ether oxygens (including phenoxy) is 1. The largest absolute Gasteiger partial charge is 0.391 e. The fraction of sp³-hybridized carbons (Fsp3) is 0.346. The van der Waals surface area contributed by atoms with E-state index in [-0.39, 0.29) is 24.5 Å². The minimum atomic E-state index is -0.427. The molecule has 0 bridgehead atoms. The number of aliphatic hydroxyl groups is 1. The summed E-state index contributed by atoms with van der Waals surface area (Å²) < 4.78 is 6.31. The normalized spacial score (nSPS) is 18.3. The van der Waals surface area contributed by atoms with Crippen molar-refractivity contribution in [2.75, 3.05) is 33.3 Å². The van der Waals surface area contributed by atoms with E-state index in [9.17, 15) is 9.90 Å². The number of benzene rings is 3. The van der Waals surface area contributed by atoms with Gasteiger partial charge in [-0.05, 0) is 35.4 Å². The van der Waals surface area contributed by atoms with Crippen molar-refractivity contribution in [1.82, 2.24) is 10.2 Å². The lowest BCUT2D eigenvalue weighted by molar-refractivity contribution is -0.138. The summed E-state index contributed by atoms with van der Waals surface area (Å²) in [5.41, 5.74) is 2.22. The average molecular weight is 419 g/mol. The average Bonchev–Trinajstić information content (AvgIpc) is 3.25. The molecule has 0 aromatic heterocycles. The van der Waals surface area contributed by atoms with Gasteiger partial charge in [-0.2, -0.15) is 0 Å². The summed E-state index contributed by atoms with van der Waals surface area (Å²) in [6, 6.07) is 24.9. The molecule has 1 aliphatic heterocycles. The number of β-amino-alcohol motifs (C(OH)–C–C–N with tert-alkyl or cyclic N) is 1. The minimum Gasteiger partial charge on any atom is -0.391 e. The summed E-state index contributed by atoms with van der Waals surface area (Å²) in [5.74, 6) is -0.0341. The molecule has 0 saturated carbocycles. The van der Waals surface area contributed by atoms with Crippen LogP contribution in [0.2, 0.25) is 0 Å². The van der Waals surface area contributed by atoms with Crippen molar-refractivity contribution in [2.24, 2.45) is 0 Å². The number of carbonyl (C=O) groups is 1. The van der Waals surface area contributed by atoms with Crippen molar-refractivity contribution in [2.45, 2.75) is 24.5 Å². The van der Waals surface area contributed by atoms with Crippen LogP contribution in [-0.2, 0) is 9.53 Å². The molecule has 5 nitrogen and oxygen atoms in total. The van der Waals surface area contributed by atoms with Crippen LogP contribution in [0.25, 0.3) is 10.8 Å². The molecule has 0 radical (unpaired) electrons. The van der Waals surface area contributed by atoms with Gasteiger partial charge in [0.1, 0.15) is 6.61 Å². The third-order valence-corrected chi connectivity index (χ3v) is 6.02. The fourth-order valence-corrected chi connectivity index (χ4v) is 4.37. The predicted octanol–water partition coefficient (Wildman–Crippen LogP) is 3.49. The first kappa shape index (κ1) is 21.5. The lowest BCUT2D eigenvalue weighted by Gasteiger charge is -2.29. The summed E-state index contributed by atoms with van der Waals surface area (Å²) in [7, 11) is 1.94. The highest BCUT2D eigenvalue weighted by molar-refractivity contribution is 5.83. The number of rotatable bonds is 8. The molecule has 1 fully saturated rings. The Morgan fingerprint density at radius 2 is 1.81 bits per heavy atom. The van der Waals surface area contributed by atoms with E-state index in [1.54, 1.807) is 4.90 Å². The zero-order valence-corrected chi connectivity index (χ0v) is 17.9. The number of likely N-dealkylation sites (N-methyl/N-ethyl adjacent to an activating group) is 1. The van der Waals surface area contributed by atoms with Crippen LogP contribution in [0, 0.1) is 0 Å². The van der Waals surface area contributed by atoms with Gasteiger partial charge >= 0.3 is 0 Å². The van der Waals surface area contributed by atoms with Gasteiger partial charge in [0.15, 0.2) is 0 Å². The number of nitrogens with zero attached hydrogens (tertiary/aromatic N) is 1. The predicted molar refractivity (Wildman–Crippen MR) is 123 cm³/mol. The van der Waals surface area contributed by atoms with Crippen LogP contribution in [0.5, 0.6) is 0 Å². The van der Waals surface area contributed by atoms with Crippen LogP contribution in [-0.4, -0.2) is 55.3 Å². The zero-order chi connectivity index (χ0) is 21.6. The number of hydrogen-bond donors (Lipinski definition) is 2. The van der Waals surface area contributed by atoms with E-state index in [1.807, 2.05) is 37.4 Å². The smallest absolute Gasteiger partial charge is 0.248 e. The Kier molecular flexibility index (Phi) is 6.97. The van der Waals surface area contributed by atoms with Crippen LogP contribution >= 0.6 is 0 Å². The van der Waals surface area contributed by atoms with Gasteiger partial charge in [-0.1, -0.05) is 72.8 Å². The molecule has 1 heterocycles. The summed E-state index contributed by atoms with van der Waals surface area (Å²) in [4.78, 5) is 14.4. The molecule has 31 heavy (non-hydrogen) atoms. The van der Waals surface area contributed by atoms with E-state index in [4.69, 9.17) is 4.74 Å². The first-order chi connectivity index (χ1) is 15.2. The second-order valence-corrected chi connectivity index (χ2v) is 8.20. The van der Waals surface area contributed by atoms with Crippen molar-refractivity contribution >= 4 is 16.7 Å². The van der Waals surface area contributed by atoms with Gasteiger partial charge in [-0.3, -0.25) is 4.79 Å². The number of carbonyl (C=O) groups excluding carboxylic acids is 1.